The third-order valence-corrected chi connectivity index (χ3v) is 5.93. The molecule has 5 aromatic rings. The monoisotopic (exact) mass is 456 g/mol. The number of fused-ring (bicyclic) bond motifs is 2. The number of hydrogen-bond donors (Lipinski definition) is 2. The highest BCUT2D eigenvalue weighted by atomic mass is 16.2. The highest BCUT2D eigenvalue weighted by molar-refractivity contribution is 6.11. The maximum absolute atomic E-state index is 13.4. The van der Waals surface area contributed by atoms with E-state index in [-0.39, 0.29) is 17.5 Å². The van der Waals surface area contributed by atoms with Crippen LogP contribution in [-0.2, 0) is 11.3 Å². The molecule has 35 heavy (non-hydrogen) atoms. The van der Waals surface area contributed by atoms with E-state index in [9.17, 15) is 9.59 Å². The molecule has 0 bridgehead atoms. The van der Waals surface area contributed by atoms with Crippen molar-refractivity contribution in [2.24, 2.45) is 0 Å². The first-order valence-corrected chi connectivity index (χ1v) is 11.5. The molecule has 2 N–H and O–H groups in total. The van der Waals surface area contributed by atoms with E-state index in [0.29, 0.717) is 12.1 Å². The largest absolute Gasteiger partial charge is 0.347 e. The van der Waals surface area contributed by atoms with Crippen LogP contribution in [0, 0.1) is 0 Å². The molecule has 4 heteroatoms. The summed E-state index contributed by atoms with van der Waals surface area (Å²) in [7, 11) is 0. The predicted molar refractivity (Wildman–Crippen MR) is 142 cm³/mol. The van der Waals surface area contributed by atoms with Crippen LogP contribution >= 0.6 is 0 Å². The number of hydrogen-bond acceptors (Lipinski definition) is 2. The molecule has 0 saturated carbocycles. The minimum atomic E-state index is -0.352. The van der Waals surface area contributed by atoms with Gasteiger partial charge in [0.05, 0.1) is 0 Å². The van der Waals surface area contributed by atoms with Gasteiger partial charge < -0.3 is 10.6 Å². The second-order valence-electron chi connectivity index (χ2n) is 8.28. The van der Waals surface area contributed by atoms with E-state index < -0.39 is 0 Å². The van der Waals surface area contributed by atoms with Crippen molar-refractivity contribution in [2.45, 2.75) is 6.54 Å². The van der Waals surface area contributed by atoms with Gasteiger partial charge in [-0.15, -0.1) is 0 Å². The Morgan fingerprint density at radius 2 is 1.20 bits per heavy atom. The van der Waals surface area contributed by atoms with Gasteiger partial charge in [0, 0.05) is 12.1 Å². The lowest BCUT2D eigenvalue weighted by Gasteiger charge is -2.14. The maximum atomic E-state index is 13.4. The van der Waals surface area contributed by atoms with E-state index >= 15 is 0 Å². The van der Waals surface area contributed by atoms with E-state index in [0.717, 1.165) is 32.7 Å². The van der Waals surface area contributed by atoms with E-state index in [1.807, 2.05) is 72.8 Å². The first-order valence-electron chi connectivity index (χ1n) is 11.5. The minimum Gasteiger partial charge on any atom is -0.347 e. The molecule has 4 nitrogen and oxygen atoms in total. The normalized spacial score (nSPS) is 11.4. The van der Waals surface area contributed by atoms with Crippen LogP contribution in [0.5, 0.6) is 0 Å². The summed E-state index contributed by atoms with van der Waals surface area (Å²) in [5.74, 6) is -0.689. The van der Waals surface area contributed by atoms with E-state index in [1.54, 1.807) is 30.3 Å². The first-order chi connectivity index (χ1) is 17.2. The van der Waals surface area contributed by atoms with Crippen molar-refractivity contribution >= 4 is 39.4 Å². The highest BCUT2D eigenvalue weighted by Crippen LogP contribution is 2.30. The zero-order chi connectivity index (χ0) is 24.0. The molecular weight excluding hydrogens is 432 g/mol. The fraction of sp³-hybridized carbons (Fsp3) is 0.0323. The van der Waals surface area contributed by atoms with Crippen LogP contribution in [0.1, 0.15) is 21.5 Å². The Labute approximate surface area is 203 Å². The van der Waals surface area contributed by atoms with E-state index in [2.05, 4.69) is 28.8 Å². The topological polar surface area (TPSA) is 58.2 Å². The molecule has 5 aromatic carbocycles. The zero-order valence-corrected chi connectivity index (χ0v) is 19.1. The molecule has 2 amide bonds. The summed E-state index contributed by atoms with van der Waals surface area (Å²) in [5, 5.41) is 9.95. The van der Waals surface area contributed by atoms with Gasteiger partial charge in [-0.1, -0.05) is 97.1 Å². The molecular formula is C31H24N2O2. The van der Waals surface area contributed by atoms with E-state index in [1.165, 1.54) is 0 Å². The van der Waals surface area contributed by atoms with Crippen LogP contribution in [0.25, 0.3) is 27.6 Å². The van der Waals surface area contributed by atoms with Gasteiger partial charge in [-0.05, 0) is 56.9 Å². The molecule has 0 spiro atoms. The van der Waals surface area contributed by atoms with Crippen LogP contribution in [0.15, 0.2) is 121 Å². The lowest BCUT2D eigenvalue weighted by molar-refractivity contribution is -0.117. The minimum absolute atomic E-state index is 0.191. The summed E-state index contributed by atoms with van der Waals surface area (Å²) in [6.07, 6.45) is 1.78. The molecule has 0 aliphatic rings. The maximum Gasteiger partial charge on any atom is 0.268 e. The molecule has 170 valence electrons. The van der Waals surface area contributed by atoms with Gasteiger partial charge in [0.2, 0.25) is 0 Å². The average Bonchev–Trinajstić information content (AvgIpc) is 2.92. The van der Waals surface area contributed by atoms with Crippen molar-refractivity contribution in [3.63, 3.8) is 0 Å². The third kappa shape index (κ3) is 4.97. The van der Waals surface area contributed by atoms with Crippen LogP contribution in [0.4, 0.5) is 0 Å². The molecule has 0 fully saturated rings. The van der Waals surface area contributed by atoms with Crippen molar-refractivity contribution in [2.75, 3.05) is 0 Å². The Morgan fingerprint density at radius 1 is 0.657 bits per heavy atom. The van der Waals surface area contributed by atoms with Crippen LogP contribution in [-0.4, -0.2) is 11.8 Å². The average molecular weight is 457 g/mol. The summed E-state index contributed by atoms with van der Waals surface area (Å²) in [6.45, 7) is 0.356. The van der Waals surface area contributed by atoms with Gasteiger partial charge >= 0.3 is 0 Å². The quantitative estimate of drug-likeness (QED) is 0.240. The Bertz CT molecular complexity index is 1490. The second kappa shape index (κ2) is 10.1. The van der Waals surface area contributed by atoms with Gasteiger partial charge in [-0.25, -0.2) is 0 Å². The third-order valence-electron chi connectivity index (χ3n) is 5.93. The molecule has 0 saturated heterocycles. The SMILES string of the molecule is O=C(NCc1ccccc1)/C(=C/c1c2ccccc2cc2ccccc12)NC(=O)c1ccccc1. The number of carbonyl (C=O) groups excluding carboxylic acids is 2. The Hall–Kier alpha value is -4.70. The standard InChI is InChI=1S/C31H24N2O2/c34-30(23-13-5-2-6-14-23)33-29(31(35)32-21-22-11-3-1-4-12-22)20-28-26-17-9-7-15-24(26)19-25-16-8-10-18-27(25)28/h1-20H,21H2,(H,32,35)(H,33,34)/b29-20-. The van der Waals surface area contributed by atoms with Crippen molar-refractivity contribution in [1.82, 2.24) is 10.6 Å². The van der Waals surface area contributed by atoms with Crippen molar-refractivity contribution in [3.8, 4) is 0 Å². The summed E-state index contributed by atoms with van der Waals surface area (Å²) in [5.41, 5.74) is 2.54. The molecule has 0 aliphatic carbocycles. The molecule has 0 radical (unpaired) electrons. The second-order valence-corrected chi connectivity index (χ2v) is 8.28. The number of rotatable bonds is 6. The van der Waals surface area contributed by atoms with Gasteiger partial charge in [-0.2, -0.15) is 0 Å². The summed E-state index contributed by atoms with van der Waals surface area (Å²) in [4.78, 5) is 26.4. The lowest BCUT2D eigenvalue weighted by atomic mass is 9.96. The molecule has 0 aliphatic heterocycles. The van der Waals surface area contributed by atoms with Gasteiger partial charge in [0.1, 0.15) is 5.70 Å². The number of nitrogens with one attached hydrogen (secondary N) is 2. The molecule has 0 aromatic heterocycles. The highest BCUT2D eigenvalue weighted by Gasteiger charge is 2.16. The van der Waals surface area contributed by atoms with Gasteiger partial charge in [0.25, 0.3) is 11.8 Å². The smallest absolute Gasteiger partial charge is 0.268 e. The van der Waals surface area contributed by atoms with Crippen LogP contribution in [0.2, 0.25) is 0 Å². The Balaban J connectivity index is 1.59. The van der Waals surface area contributed by atoms with Crippen LogP contribution < -0.4 is 10.6 Å². The number of benzene rings is 5. The van der Waals surface area contributed by atoms with Crippen LogP contribution in [0.3, 0.4) is 0 Å². The molecule has 5 rings (SSSR count). The molecule has 0 unspecified atom stereocenters. The van der Waals surface area contributed by atoms with Gasteiger partial charge in [0.15, 0.2) is 0 Å². The fourth-order valence-corrected chi connectivity index (χ4v) is 4.16. The molecule has 0 heterocycles. The van der Waals surface area contributed by atoms with Crippen molar-refractivity contribution < 1.29 is 9.59 Å². The van der Waals surface area contributed by atoms with E-state index in [4.69, 9.17) is 0 Å². The summed E-state index contributed by atoms with van der Waals surface area (Å²) >= 11 is 0. The zero-order valence-electron chi connectivity index (χ0n) is 19.1. The Kier molecular flexibility index (Phi) is 6.35. The Morgan fingerprint density at radius 3 is 1.83 bits per heavy atom. The van der Waals surface area contributed by atoms with Crippen molar-refractivity contribution in [3.05, 3.63) is 138 Å². The first kappa shape index (κ1) is 22.1. The lowest BCUT2D eigenvalue weighted by Crippen LogP contribution is -2.34. The number of amides is 2. The van der Waals surface area contributed by atoms with Gasteiger partial charge in [-0.3, -0.25) is 9.59 Å². The van der Waals surface area contributed by atoms with Crippen molar-refractivity contribution in [1.29, 1.82) is 0 Å². The molecule has 0 atom stereocenters. The number of carbonyl (C=O) groups is 2. The summed E-state index contributed by atoms with van der Waals surface area (Å²) < 4.78 is 0. The predicted octanol–water partition coefficient (Wildman–Crippen LogP) is 6.08. The fourth-order valence-electron chi connectivity index (χ4n) is 4.16. The summed E-state index contributed by atoms with van der Waals surface area (Å²) in [6, 6.07) is 36.8.